The maximum atomic E-state index is 12.7. The van der Waals surface area contributed by atoms with E-state index in [4.69, 9.17) is 9.72 Å². The minimum absolute atomic E-state index is 0.0313. The Bertz CT molecular complexity index is 971. The van der Waals surface area contributed by atoms with Crippen LogP contribution in [0.15, 0.2) is 24.3 Å². The van der Waals surface area contributed by atoms with Crippen LogP contribution >= 0.6 is 0 Å². The third kappa shape index (κ3) is 5.36. The average molecular weight is 440 g/mol. The lowest BCUT2D eigenvalue weighted by Crippen LogP contribution is -2.32. The van der Waals surface area contributed by atoms with E-state index < -0.39 is 0 Å². The van der Waals surface area contributed by atoms with Gasteiger partial charge in [0.05, 0.1) is 18.3 Å². The predicted molar refractivity (Wildman–Crippen MR) is 124 cm³/mol. The first-order valence-electron chi connectivity index (χ1n) is 10.9. The average Bonchev–Trinajstić information content (AvgIpc) is 3.23. The molecule has 1 saturated heterocycles. The van der Waals surface area contributed by atoms with Gasteiger partial charge < -0.3 is 19.4 Å². The first kappa shape index (κ1) is 23.5. The number of hydrogen-bond donors (Lipinski definition) is 0. The molecule has 32 heavy (non-hydrogen) atoms. The van der Waals surface area contributed by atoms with Crippen LogP contribution < -0.4 is 9.64 Å². The van der Waals surface area contributed by atoms with Crippen molar-refractivity contribution >= 4 is 17.6 Å². The van der Waals surface area contributed by atoms with E-state index in [-0.39, 0.29) is 24.5 Å². The third-order valence-corrected chi connectivity index (χ3v) is 5.77. The largest absolute Gasteiger partial charge is 0.483 e. The number of nitrogens with zero attached hydrogens (tertiary/aromatic N) is 5. The lowest BCUT2D eigenvalue weighted by atomic mass is 10.1. The first-order chi connectivity index (χ1) is 15.2. The highest BCUT2D eigenvalue weighted by molar-refractivity contribution is 5.77. The van der Waals surface area contributed by atoms with Gasteiger partial charge in [0.2, 0.25) is 5.91 Å². The number of carbonyl (C=O) groups is 2. The van der Waals surface area contributed by atoms with E-state index in [0.717, 1.165) is 47.8 Å². The Labute approximate surface area is 190 Å². The van der Waals surface area contributed by atoms with Crippen LogP contribution in [0, 0.1) is 13.8 Å². The van der Waals surface area contributed by atoms with Crippen molar-refractivity contribution in [2.45, 2.75) is 46.2 Å². The van der Waals surface area contributed by atoms with Gasteiger partial charge in [-0.25, -0.2) is 9.97 Å². The van der Waals surface area contributed by atoms with E-state index in [9.17, 15) is 9.59 Å². The summed E-state index contributed by atoms with van der Waals surface area (Å²) in [4.78, 5) is 39.5. The molecular formula is C24H33N5O3. The summed E-state index contributed by atoms with van der Waals surface area (Å²) in [5, 5.41) is 0. The number of rotatable bonds is 7. The Morgan fingerprint density at radius 2 is 1.84 bits per heavy atom. The predicted octanol–water partition coefficient (Wildman–Crippen LogP) is 2.88. The number of amides is 2. The highest BCUT2D eigenvalue weighted by atomic mass is 16.5. The zero-order valence-electron chi connectivity index (χ0n) is 19.9. The molecule has 1 fully saturated rings. The number of anilines is 1. The van der Waals surface area contributed by atoms with Crippen LogP contribution in [0.25, 0.3) is 0 Å². The number of likely N-dealkylation sites (tertiary alicyclic amines) is 1. The molecule has 0 aliphatic carbocycles. The van der Waals surface area contributed by atoms with Crippen LogP contribution in [0.3, 0.4) is 0 Å². The summed E-state index contributed by atoms with van der Waals surface area (Å²) in [5.74, 6) is 2.04. The number of para-hydroxylation sites is 1. The zero-order valence-corrected chi connectivity index (χ0v) is 19.9. The van der Waals surface area contributed by atoms with Crippen molar-refractivity contribution in [3.63, 3.8) is 0 Å². The number of likely N-dealkylation sites (N-methyl/N-ethyl adjacent to an activating group) is 1. The third-order valence-electron chi connectivity index (χ3n) is 5.77. The second kappa shape index (κ2) is 9.97. The Balaban J connectivity index is 1.74. The first-order valence-corrected chi connectivity index (χ1v) is 10.9. The molecule has 0 bridgehead atoms. The van der Waals surface area contributed by atoms with Crippen molar-refractivity contribution in [3.8, 4) is 5.75 Å². The van der Waals surface area contributed by atoms with Crippen LogP contribution in [0.2, 0.25) is 0 Å². The molecular weight excluding hydrogens is 406 g/mol. The van der Waals surface area contributed by atoms with Crippen LogP contribution in [-0.4, -0.2) is 65.9 Å². The molecule has 0 unspecified atom stereocenters. The van der Waals surface area contributed by atoms with Crippen molar-refractivity contribution in [1.82, 2.24) is 19.8 Å². The fraction of sp³-hybridized carbons (Fsp3) is 0.500. The molecule has 3 rings (SSSR count). The highest BCUT2D eigenvalue weighted by Crippen LogP contribution is 2.31. The fourth-order valence-electron chi connectivity index (χ4n) is 3.98. The summed E-state index contributed by atoms with van der Waals surface area (Å²) >= 11 is 0. The maximum Gasteiger partial charge on any atom is 0.260 e. The number of ether oxygens (including phenoxy) is 1. The number of hydrogen-bond acceptors (Lipinski definition) is 6. The number of benzene rings is 1. The standard InChI is InChI=1S/C24H33N5O3/c1-16-9-7-10-17(2)23(16)32-15-22(31)28(6)14-19-13-21(27(4)5)26-24(25-19)20-11-8-12-29(20)18(3)30/h7,9-10,13,20H,8,11-12,14-15H2,1-6H3/t20-/m0/s1. The molecule has 1 aliphatic rings. The zero-order chi connectivity index (χ0) is 23.4. The summed E-state index contributed by atoms with van der Waals surface area (Å²) in [5.41, 5.74) is 2.74. The Kier molecular flexibility index (Phi) is 7.33. The molecule has 0 N–H and O–H groups in total. The maximum absolute atomic E-state index is 12.7. The molecule has 172 valence electrons. The van der Waals surface area contributed by atoms with Crippen molar-refractivity contribution < 1.29 is 14.3 Å². The van der Waals surface area contributed by atoms with E-state index >= 15 is 0 Å². The molecule has 8 nitrogen and oxygen atoms in total. The number of carbonyl (C=O) groups excluding carboxylic acids is 2. The van der Waals surface area contributed by atoms with Gasteiger partial charge in [-0.1, -0.05) is 18.2 Å². The van der Waals surface area contributed by atoms with E-state index in [1.54, 1.807) is 18.9 Å². The van der Waals surface area contributed by atoms with Gasteiger partial charge in [-0.3, -0.25) is 9.59 Å². The summed E-state index contributed by atoms with van der Waals surface area (Å²) < 4.78 is 5.82. The second-order valence-corrected chi connectivity index (χ2v) is 8.60. The second-order valence-electron chi connectivity index (χ2n) is 8.60. The van der Waals surface area contributed by atoms with Crippen molar-refractivity contribution in [1.29, 1.82) is 0 Å². The summed E-state index contributed by atoms with van der Waals surface area (Å²) in [7, 11) is 5.58. The molecule has 1 aromatic carbocycles. The van der Waals surface area contributed by atoms with E-state index in [0.29, 0.717) is 12.4 Å². The molecule has 2 heterocycles. The molecule has 0 saturated carbocycles. The van der Waals surface area contributed by atoms with Gasteiger partial charge in [-0.15, -0.1) is 0 Å². The summed E-state index contributed by atoms with van der Waals surface area (Å²) in [6.45, 7) is 6.53. The van der Waals surface area contributed by atoms with Gasteiger partial charge in [0, 0.05) is 40.7 Å². The topological polar surface area (TPSA) is 78.9 Å². The molecule has 1 aliphatic heterocycles. The van der Waals surface area contributed by atoms with Gasteiger partial charge in [0.25, 0.3) is 5.91 Å². The smallest absolute Gasteiger partial charge is 0.260 e. The van der Waals surface area contributed by atoms with Gasteiger partial charge in [0.1, 0.15) is 11.6 Å². The summed E-state index contributed by atoms with van der Waals surface area (Å²) in [6, 6.07) is 7.66. The minimum Gasteiger partial charge on any atom is -0.483 e. The van der Waals surface area contributed by atoms with Crippen molar-refractivity contribution in [2.75, 3.05) is 39.2 Å². The van der Waals surface area contributed by atoms with Crippen molar-refractivity contribution in [3.05, 3.63) is 46.9 Å². The lowest BCUT2D eigenvalue weighted by Gasteiger charge is -2.24. The fourth-order valence-corrected chi connectivity index (χ4v) is 3.98. The number of aryl methyl sites for hydroxylation is 2. The lowest BCUT2D eigenvalue weighted by molar-refractivity contribution is -0.132. The van der Waals surface area contributed by atoms with Gasteiger partial charge in [-0.05, 0) is 37.8 Å². The van der Waals surface area contributed by atoms with Gasteiger partial charge in [0.15, 0.2) is 12.4 Å². The highest BCUT2D eigenvalue weighted by Gasteiger charge is 2.31. The summed E-state index contributed by atoms with van der Waals surface area (Å²) in [6.07, 6.45) is 1.78. The molecule has 2 aromatic rings. The van der Waals surface area contributed by atoms with E-state index in [2.05, 4.69) is 4.98 Å². The van der Waals surface area contributed by atoms with E-state index in [1.807, 2.05) is 62.0 Å². The Morgan fingerprint density at radius 3 is 2.47 bits per heavy atom. The van der Waals surface area contributed by atoms with Gasteiger partial charge >= 0.3 is 0 Å². The Morgan fingerprint density at radius 1 is 1.16 bits per heavy atom. The van der Waals surface area contributed by atoms with Gasteiger partial charge in [-0.2, -0.15) is 0 Å². The SMILES string of the molecule is CC(=O)N1CCC[C@H]1c1nc(CN(C)C(=O)COc2c(C)cccc2C)cc(N(C)C)n1. The quantitative estimate of drug-likeness (QED) is 0.660. The van der Waals surface area contributed by atoms with Crippen LogP contribution in [-0.2, 0) is 16.1 Å². The molecule has 8 heteroatoms. The molecule has 0 spiro atoms. The molecule has 0 radical (unpaired) electrons. The monoisotopic (exact) mass is 439 g/mol. The van der Waals surface area contributed by atoms with Crippen LogP contribution in [0.5, 0.6) is 5.75 Å². The van der Waals surface area contributed by atoms with E-state index in [1.165, 1.54) is 0 Å². The van der Waals surface area contributed by atoms with Crippen LogP contribution in [0.1, 0.15) is 48.5 Å². The normalized spacial score (nSPS) is 15.6. The number of aromatic nitrogens is 2. The minimum atomic E-state index is -0.134. The molecule has 1 atom stereocenters. The molecule has 2 amide bonds. The Hall–Kier alpha value is -3.16. The van der Waals surface area contributed by atoms with Crippen molar-refractivity contribution in [2.24, 2.45) is 0 Å². The molecule has 1 aromatic heterocycles. The van der Waals surface area contributed by atoms with Crippen LogP contribution in [0.4, 0.5) is 5.82 Å².